The van der Waals surface area contributed by atoms with E-state index in [-0.39, 0.29) is 61.6 Å². The molecule has 0 N–H and O–H groups in total. The van der Waals surface area contributed by atoms with E-state index in [1.165, 1.54) is 18.2 Å². The van der Waals surface area contributed by atoms with Crippen molar-refractivity contribution in [2.45, 2.75) is 40.7 Å². The van der Waals surface area contributed by atoms with Gasteiger partial charge >= 0.3 is 23.9 Å². The lowest BCUT2D eigenvalue weighted by molar-refractivity contribution is -0.145. The van der Waals surface area contributed by atoms with E-state index in [0.717, 1.165) is 12.2 Å². The molecule has 0 amide bonds. The van der Waals surface area contributed by atoms with Gasteiger partial charge < -0.3 is 33.2 Å². The van der Waals surface area contributed by atoms with E-state index in [4.69, 9.17) is 33.2 Å². The molecule has 3 aromatic carbocycles. The molecule has 0 fully saturated rings. The summed E-state index contributed by atoms with van der Waals surface area (Å²) in [6.07, 6.45) is 3.33. The van der Waals surface area contributed by atoms with Crippen molar-refractivity contribution in [3.63, 3.8) is 0 Å². The van der Waals surface area contributed by atoms with Gasteiger partial charge in [-0.25, -0.2) is 19.2 Å². The topological polar surface area (TPSA) is 150 Å². The highest BCUT2D eigenvalue weighted by atomic mass is 16.7. The smallest absolute Gasteiger partial charge is 0.343 e. The number of allylic oxidation sites excluding steroid dienone is 1. The predicted octanol–water partition coefficient (Wildman–Crippen LogP) is 6.15. The standard InChI is InChI=1S/C38H38O12/c1-8-30(39)15-16-44-20-29-19-33(49-37(42)27-11-13-31(23(4)17-27)45-21-47-34(40)9-2)25(6)26(7)36(29)50-38(43)28-12-14-32(24(5)18-28)46-22-48-35(41)10-3/h8-14,17-19H,1-3,15-16,20-22H2,4-7H3. The minimum atomic E-state index is -0.676. The molecule has 262 valence electrons. The van der Waals surface area contributed by atoms with Crippen molar-refractivity contribution >= 4 is 29.7 Å². The zero-order valence-electron chi connectivity index (χ0n) is 28.3. The first kappa shape index (κ1) is 38.4. The molecule has 3 aromatic rings. The van der Waals surface area contributed by atoms with Crippen LogP contribution >= 0.6 is 0 Å². The highest BCUT2D eigenvalue weighted by molar-refractivity contribution is 5.93. The summed E-state index contributed by atoms with van der Waals surface area (Å²) in [6, 6.07) is 10.8. The summed E-state index contributed by atoms with van der Waals surface area (Å²) in [5.41, 5.74) is 3.07. The first-order valence-electron chi connectivity index (χ1n) is 15.2. The van der Waals surface area contributed by atoms with Crippen LogP contribution in [0.3, 0.4) is 0 Å². The summed E-state index contributed by atoms with van der Waals surface area (Å²) in [6.45, 7) is 16.3. The zero-order valence-corrected chi connectivity index (χ0v) is 28.3. The molecule has 0 heterocycles. The van der Waals surface area contributed by atoms with Crippen molar-refractivity contribution in [1.29, 1.82) is 0 Å². The van der Waals surface area contributed by atoms with Gasteiger partial charge in [-0.1, -0.05) is 19.7 Å². The van der Waals surface area contributed by atoms with E-state index >= 15 is 0 Å². The number of hydrogen-bond donors (Lipinski definition) is 0. The number of rotatable bonds is 18. The lowest BCUT2D eigenvalue weighted by atomic mass is 10.0. The van der Waals surface area contributed by atoms with Gasteiger partial charge in [0.2, 0.25) is 13.6 Å². The molecule has 0 saturated heterocycles. The molecule has 0 unspecified atom stereocenters. The third-order valence-corrected chi connectivity index (χ3v) is 7.23. The van der Waals surface area contributed by atoms with E-state index < -0.39 is 23.9 Å². The molecule has 3 rings (SSSR count). The Balaban J connectivity index is 1.84. The quantitative estimate of drug-likeness (QED) is 0.0496. The maximum Gasteiger partial charge on any atom is 0.343 e. The number of carbonyl (C=O) groups excluding carboxylic acids is 5. The Morgan fingerprint density at radius 1 is 0.640 bits per heavy atom. The van der Waals surface area contributed by atoms with Gasteiger partial charge in [-0.2, -0.15) is 0 Å². The van der Waals surface area contributed by atoms with Crippen LogP contribution < -0.4 is 18.9 Å². The maximum atomic E-state index is 13.4. The molecular formula is C38H38O12. The highest BCUT2D eigenvalue weighted by Gasteiger charge is 2.22. The number of aryl methyl sites for hydroxylation is 2. The Morgan fingerprint density at radius 2 is 1.16 bits per heavy atom. The van der Waals surface area contributed by atoms with Crippen LogP contribution in [0.2, 0.25) is 0 Å². The Hall–Kier alpha value is -6.01. The van der Waals surface area contributed by atoms with E-state index in [1.807, 2.05) is 0 Å². The third kappa shape index (κ3) is 10.8. The fraction of sp³-hybridized carbons (Fsp3) is 0.237. The summed E-state index contributed by atoms with van der Waals surface area (Å²) < 4.78 is 38.0. The second-order valence-corrected chi connectivity index (χ2v) is 10.7. The van der Waals surface area contributed by atoms with Crippen LogP contribution in [-0.2, 0) is 35.2 Å². The van der Waals surface area contributed by atoms with Gasteiger partial charge in [-0.15, -0.1) is 0 Å². The molecule has 0 saturated carbocycles. The molecule has 0 radical (unpaired) electrons. The Kier molecular flexibility index (Phi) is 14.2. The average molecular weight is 687 g/mol. The first-order valence-corrected chi connectivity index (χ1v) is 15.2. The normalized spacial score (nSPS) is 10.3. The Morgan fingerprint density at radius 3 is 1.64 bits per heavy atom. The SMILES string of the molecule is C=CC(=O)CCOCc1cc(OC(=O)c2ccc(OCOC(=O)C=C)c(C)c2)c(C)c(C)c1OC(=O)c1ccc(OCOC(=O)C=C)c(C)c1. The number of benzene rings is 3. The number of ketones is 1. The fourth-order valence-electron chi connectivity index (χ4n) is 4.35. The van der Waals surface area contributed by atoms with E-state index in [2.05, 4.69) is 19.7 Å². The van der Waals surface area contributed by atoms with Crippen LogP contribution in [0.1, 0.15) is 55.0 Å². The molecule has 0 bridgehead atoms. The lowest BCUT2D eigenvalue weighted by Gasteiger charge is -2.19. The largest absolute Gasteiger partial charge is 0.457 e. The van der Waals surface area contributed by atoms with Crippen molar-refractivity contribution in [2.24, 2.45) is 0 Å². The van der Waals surface area contributed by atoms with Crippen molar-refractivity contribution in [2.75, 3.05) is 20.2 Å². The number of carbonyl (C=O) groups is 5. The summed E-state index contributed by atoms with van der Waals surface area (Å²) in [7, 11) is 0. The van der Waals surface area contributed by atoms with Crippen LogP contribution in [0.4, 0.5) is 0 Å². The lowest BCUT2D eigenvalue weighted by Crippen LogP contribution is -2.15. The Bertz CT molecular complexity index is 1800. The van der Waals surface area contributed by atoms with Crippen molar-refractivity contribution in [3.05, 3.63) is 119 Å². The number of ether oxygens (including phenoxy) is 7. The van der Waals surface area contributed by atoms with Crippen molar-refractivity contribution < 1.29 is 57.1 Å². The van der Waals surface area contributed by atoms with Gasteiger partial charge in [-0.3, -0.25) is 4.79 Å². The van der Waals surface area contributed by atoms with Gasteiger partial charge in [0.25, 0.3) is 0 Å². The van der Waals surface area contributed by atoms with Crippen molar-refractivity contribution in [3.8, 4) is 23.0 Å². The zero-order chi connectivity index (χ0) is 36.8. The molecule has 0 aromatic heterocycles. The fourth-order valence-corrected chi connectivity index (χ4v) is 4.35. The van der Waals surface area contributed by atoms with Crippen LogP contribution in [0.5, 0.6) is 23.0 Å². The molecule has 50 heavy (non-hydrogen) atoms. The average Bonchev–Trinajstić information content (AvgIpc) is 3.10. The van der Waals surface area contributed by atoms with Crippen LogP contribution in [0.25, 0.3) is 0 Å². The second-order valence-electron chi connectivity index (χ2n) is 10.7. The van der Waals surface area contributed by atoms with Crippen molar-refractivity contribution in [1.82, 2.24) is 0 Å². The predicted molar refractivity (Wildman–Crippen MR) is 181 cm³/mol. The summed E-state index contributed by atoms with van der Waals surface area (Å²) in [5.74, 6) is -1.60. The summed E-state index contributed by atoms with van der Waals surface area (Å²) in [5, 5.41) is 0. The molecule has 0 aliphatic rings. The number of esters is 4. The molecule has 0 aliphatic carbocycles. The van der Waals surface area contributed by atoms with Gasteiger partial charge in [-0.05, 0) is 98.5 Å². The van der Waals surface area contributed by atoms with E-state index in [9.17, 15) is 24.0 Å². The van der Waals surface area contributed by atoms with Crippen LogP contribution in [0, 0.1) is 27.7 Å². The third-order valence-electron chi connectivity index (χ3n) is 7.23. The molecule has 0 atom stereocenters. The monoisotopic (exact) mass is 686 g/mol. The molecule has 12 nitrogen and oxygen atoms in total. The molecule has 0 aliphatic heterocycles. The molecule has 0 spiro atoms. The van der Waals surface area contributed by atoms with E-state index in [1.54, 1.807) is 58.0 Å². The maximum absolute atomic E-state index is 13.4. The summed E-state index contributed by atoms with van der Waals surface area (Å²) >= 11 is 0. The van der Waals surface area contributed by atoms with Gasteiger partial charge in [0.05, 0.1) is 24.3 Å². The van der Waals surface area contributed by atoms with Gasteiger partial charge in [0, 0.05) is 24.1 Å². The van der Waals surface area contributed by atoms with Gasteiger partial charge in [0.1, 0.15) is 23.0 Å². The minimum absolute atomic E-state index is 0.0730. The van der Waals surface area contributed by atoms with Gasteiger partial charge in [0.15, 0.2) is 5.78 Å². The molecular weight excluding hydrogens is 648 g/mol. The molecule has 12 heteroatoms. The minimum Gasteiger partial charge on any atom is -0.457 e. The highest BCUT2D eigenvalue weighted by Crippen LogP contribution is 2.36. The van der Waals surface area contributed by atoms with Crippen LogP contribution in [0.15, 0.2) is 80.4 Å². The number of hydrogen-bond acceptors (Lipinski definition) is 12. The Labute approximate surface area is 289 Å². The summed E-state index contributed by atoms with van der Waals surface area (Å²) in [4.78, 5) is 60.8. The second kappa shape index (κ2) is 18.5. The van der Waals surface area contributed by atoms with Crippen LogP contribution in [-0.4, -0.2) is 49.9 Å². The first-order chi connectivity index (χ1) is 23.9. The van der Waals surface area contributed by atoms with E-state index in [0.29, 0.717) is 39.3 Å².